The molecular weight excluding hydrogens is 291 g/mol. The molecule has 6 heteroatoms. The molecule has 0 aliphatic carbocycles. The average Bonchev–Trinajstić information content (AvgIpc) is 2.49. The maximum absolute atomic E-state index is 13.2. The number of benzene rings is 1. The molecule has 0 aliphatic rings. The second kappa shape index (κ2) is 6.78. The quantitative estimate of drug-likeness (QED) is 0.824. The summed E-state index contributed by atoms with van der Waals surface area (Å²) in [4.78, 5) is 4.15. The molecule has 1 aromatic carbocycles. The molecule has 0 saturated carbocycles. The summed E-state index contributed by atoms with van der Waals surface area (Å²) in [6, 6.07) is 10.6. The monoisotopic (exact) mass is 308 g/mol. The molecule has 2 aromatic rings. The SMILES string of the molecule is CCN(CCc1ccccn1)S(=O)(=O)c1cccc(F)c1. The number of rotatable bonds is 6. The van der Waals surface area contributed by atoms with Gasteiger partial charge in [0.25, 0.3) is 0 Å². The molecule has 0 atom stereocenters. The van der Waals surface area contributed by atoms with E-state index in [-0.39, 0.29) is 4.90 Å². The fourth-order valence-corrected chi connectivity index (χ4v) is 3.49. The maximum Gasteiger partial charge on any atom is 0.243 e. The molecule has 2 rings (SSSR count). The molecular formula is C15H17FN2O2S. The maximum atomic E-state index is 13.2. The number of hydrogen-bond donors (Lipinski definition) is 0. The normalized spacial score (nSPS) is 11.8. The van der Waals surface area contributed by atoms with Crippen LogP contribution in [0.15, 0.2) is 53.6 Å². The topological polar surface area (TPSA) is 50.3 Å². The molecule has 0 N–H and O–H groups in total. The minimum Gasteiger partial charge on any atom is -0.261 e. The first-order chi connectivity index (χ1) is 10.0. The summed E-state index contributed by atoms with van der Waals surface area (Å²) >= 11 is 0. The van der Waals surface area contributed by atoms with E-state index in [9.17, 15) is 12.8 Å². The van der Waals surface area contributed by atoms with E-state index in [1.807, 2.05) is 18.2 Å². The number of aromatic nitrogens is 1. The van der Waals surface area contributed by atoms with Crippen molar-refractivity contribution in [1.82, 2.24) is 9.29 Å². The lowest BCUT2D eigenvalue weighted by Crippen LogP contribution is -2.33. The third-order valence-electron chi connectivity index (χ3n) is 3.13. The number of hydrogen-bond acceptors (Lipinski definition) is 3. The van der Waals surface area contributed by atoms with Gasteiger partial charge in [-0.05, 0) is 30.3 Å². The summed E-state index contributed by atoms with van der Waals surface area (Å²) in [5.41, 5.74) is 0.824. The van der Waals surface area contributed by atoms with Crippen molar-refractivity contribution in [1.29, 1.82) is 0 Å². The summed E-state index contributed by atoms with van der Waals surface area (Å²) in [5, 5.41) is 0. The van der Waals surface area contributed by atoms with E-state index in [0.717, 1.165) is 11.8 Å². The number of sulfonamides is 1. The van der Waals surface area contributed by atoms with Gasteiger partial charge in [-0.25, -0.2) is 12.8 Å². The minimum absolute atomic E-state index is 0.0228. The van der Waals surface area contributed by atoms with Crippen molar-refractivity contribution >= 4 is 10.0 Å². The molecule has 0 amide bonds. The van der Waals surface area contributed by atoms with Crippen molar-refractivity contribution < 1.29 is 12.8 Å². The molecule has 1 aromatic heterocycles. The molecule has 0 spiro atoms. The second-order valence-electron chi connectivity index (χ2n) is 4.53. The third kappa shape index (κ3) is 3.86. The third-order valence-corrected chi connectivity index (χ3v) is 5.10. The summed E-state index contributed by atoms with van der Waals surface area (Å²) in [7, 11) is -3.68. The molecule has 0 fully saturated rings. The van der Waals surface area contributed by atoms with Gasteiger partial charge in [-0.1, -0.05) is 19.1 Å². The lowest BCUT2D eigenvalue weighted by Gasteiger charge is -2.20. The van der Waals surface area contributed by atoms with Crippen LogP contribution in [0.5, 0.6) is 0 Å². The number of likely N-dealkylation sites (N-methyl/N-ethyl adjacent to an activating group) is 1. The second-order valence-corrected chi connectivity index (χ2v) is 6.46. The van der Waals surface area contributed by atoms with Crippen molar-refractivity contribution in [2.75, 3.05) is 13.1 Å². The fourth-order valence-electron chi connectivity index (χ4n) is 2.01. The average molecular weight is 308 g/mol. The van der Waals surface area contributed by atoms with Crippen LogP contribution in [0.25, 0.3) is 0 Å². The highest BCUT2D eigenvalue weighted by molar-refractivity contribution is 7.89. The van der Waals surface area contributed by atoms with Gasteiger partial charge in [0.05, 0.1) is 4.90 Å². The van der Waals surface area contributed by atoms with Crippen LogP contribution in [0.2, 0.25) is 0 Å². The van der Waals surface area contributed by atoms with Gasteiger partial charge in [-0.2, -0.15) is 4.31 Å². The largest absolute Gasteiger partial charge is 0.261 e. The summed E-state index contributed by atoms with van der Waals surface area (Å²) in [6.07, 6.45) is 2.19. The van der Waals surface area contributed by atoms with E-state index in [1.165, 1.54) is 22.5 Å². The lowest BCUT2D eigenvalue weighted by molar-refractivity contribution is 0.429. The van der Waals surface area contributed by atoms with Crippen molar-refractivity contribution in [2.45, 2.75) is 18.2 Å². The zero-order chi connectivity index (χ0) is 15.3. The first kappa shape index (κ1) is 15.6. The summed E-state index contributed by atoms with van der Waals surface area (Å²) in [5.74, 6) is -0.558. The minimum atomic E-state index is -3.68. The molecule has 1 heterocycles. The van der Waals surface area contributed by atoms with E-state index in [0.29, 0.717) is 19.5 Å². The Morgan fingerprint density at radius 3 is 2.62 bits per heavy atom. The fraction of sp³-hybridized carbons (Fsp3) is 0.267. The van der Waals surface area contributed by atoms with Crippen LogP contribution < -0.4 is 0 Å². The highest BCUT2D eigenvalue weighted by Crippen LogP contribution is 2.16. The van der Waals surface area contributed by atoms with Crippen LogP contribution in [0, 0.1) is 5.82 Å². The zero-order valence-electron chi connectivity index (χ0n) is 11.7. The van der Waals surface area contributed by atoms with Crippen LogP contribution in [-0.2, 0) is 16.4 Å². The van der Waals surface area contributed by atoms with Crippen LogP contribution in [-0.4, -0.2) is 30.8 Å². The van der Waals surface area contributed by atoms with Crippen LogP contribution in [0.4, 0.5) is 4.39 Å². The Labute approximate surface area is 124 Å². The first-order valence-corrected chi connectivity index (χ1v) is 8.13. The first-order valence-electron chi connectivity index (χ1n) is 6.69. The Morgan fingerprint density at radius 2 is 2.00 bits per heavy atom. The van der Waals surface area contributed by atoms with Crippen LogP contribution in [0.3, 0.4) is 0 Å². The highest BCUT2D eigenvalue weighted by Gasteiger charge is 2.23. The van der Waals surface area contributed by atoms with Gasteiger partial charge < -0.3 is 0 Å². The number of nitrogens with zero attached hydrogens (tertiary/aromatic N) is 2. The van der Waals surface area contributed by atoms with E-state index < -0.39 is 15.8 Å². The molecule has 0 unspecified atom stereocenters. The van der Waals surface area contributed by atoms with Gasteiger partial charge >= 0.3 is 0 Å². The Hall–Kier alpha value is -1.79. The number of pyridine rings is 1. The number of halogens is 1. The van der Waals surface area contributed by atoms with Crippen LogP contribution in [0.1, 0.15) is 12.6 Å². The van der Waals surface area contributed by atoms with E-state index >= 15 is 0 Å². The van der Waals surface area contributed by atoms with Crippen molar-refractivity contribution in [3.8, 4) is 0 Å². The smallest absolute Gasteiger partial charge is 0.243 e. The van der Waals surface area contributed by atoms with E-state index in [2.05, 4.69) is 4.98 Å². The van der Waals surface area contributed by atoms with Gasteiger partial charge in [-0.3, -0.25) is 4.98 Å². The Kier molecular flexibility index (Phi) is 5.03. The van der Waals surface area contributed by atoms with Crippen molar-refractivity contribution in [3.63, 3.8) is 0 Å². The Morgan fingerprint density at radius 1 is 1.19 bits per heavy atom. The van der Waals surface area contributed by atoms with Crippen molar-refractivity contribution in [2.24, 2.45) is 0 Å². The summed E-state index contributed by atoms with van der Waals surface area (Å²) in [6.45, 7) is 2.40. The molecule has 0 radical (unpaired) electrons. The van der Waals surface area contributed by atoms with Gasteiger partial charge in [0, 0.05) is 31.4 Å². The molecule has 21 heavy (non-hydrogen) atoms. The summed E-state index contributed by atoms with van der Waals surface area (Å²) < 4.78 is 39.5. The van der Waals surface area contributed by atoms with E-state index in [4.69, 9.17) is 0 Å². The molecule has 112 valence electrons. The Bertz CT molecular complexity index is 690. The predicted molar refractivity (Wildman–Crippen MR) is 78.8 cm³/mol. The van der Waals surface area contributed by atoms with Gasteiger partial charge in [0.15, 0.2) is 0 Å². The zero-order valence-corrected chi connectivity index (χ0v) is 12.6. The lowest BCUT2D eigenvalue weighted by atomic mass is 10.3. The highest BCUT2D eigenvalue weighted by atomic mass is 32.2. The van der Waals surface area contributed by atoms with Crippen molar-refractivity contribution in [3.05, 3.63) is 60.2 Å². The van der Waals surface area contributed by atoms with E-state index in [1.54, 1.807) is 13.1 Å². The standard InChI is InChI=1S/C15H17FN2O2S/c1-2-18(11-9-14-7-3-4-10-17-14)21(19,20)15-8-5-6-13(16)12-15/h3-8,10,12H,2,9,11H2,1H3. The van der Waals surface area contributed by atoms with Crippen LogP contribution >= 0.6 is 0 Å². The van der Waals surface area contributed by atoms with Gasteiger partial charge in [-0.15, -0.1) is 0 Å². The molecule has 4 nitrogen and oxygen atoms in total. The van der Waals surface area contributed by atoms with Gasteiger partial charge in [0.2, 0.25) is 10.0 Å². The molecule has 0 saturated heterocycles. The molecule has 0 bridgehead atoms. The molecule has 0 aliphatic heterocycles. The van der Waals surface area contributed by atoms with Gasteiger partial charge in [0.1, 0.15) is 5.82 Å². The predicted octanol–water partition coefficient (Wildman–Crippen LogP) is 2.47. The Balaban J connectivity index is 2.16.